The smallest absolute Gasteiger partial charge is 0.227 e. The van der Waals surface area contributed by atoms with E-state index in [-0.39, 0.29) is 17.6 Å². The first kappa shape index (κ1) is 14.6. The van der Waals surface area contributed by atoms with Crippen LogP contribution < -0.4 is 10.6 Å². The van der Waals surface area contributed by atoms with Crippen LogP contribution in [-0.2, 0) is 4.79 Å². The second kappa shape index (κ2) is 6.11. The molecule has 1 aromatic rings. The van der Waals surface area contributed by atoms with Gasteiger partial charge in [0, 0.05) is 17.0 Å². The summed E-state index contributed by atoms with van der Waals surface area (Å²) in [5, 5.41) is 16.4. The first-order valence-electron chi connectivity index (χ1n) is 6.19. The highest BCUT2D eigenvalue weighted by molar-refractivity contribution is 9.10. The minimum atomic E-state index is -0.0715. The molecule has 19 heavy (non-hydrogen) atoms. The summed E-state index contributed by atoms with van der Waals surface area (Å²) in [4.78, 5) is 12.2. The van der Waals surface area contributed by atoms with Crippen molar-refractivity contribution in [1.29, 1.82) is 0 Å². The van der Waals surface area contributed by atoms with Crippen molar-refractivity contribution in [2.75, 3.05) is 11.9 Å². The number of piperidine rings is 1. The molecule has 1 amide bonds. The number of nitrogens with one attached hydrogen (secondary N) is 2. The highest BCUT2D eigenvalue weighted by atomic mass is 79.9. The number of phenols is 1. The van der Waals surface area contributed by atoms with Crippen LogP contribution in [0.2, 0.25) is 5.02 Å². The van der Waals surface area contributed by atoms with Gasteiger partial charge in [0.05, 0.1) is 10.2 Å². The molecule has 0 radical (unpaired) electrons. The Kier molecular flexibility index (Phi) is 4.71. The number of carbonyl (C=O) groups is 1. The van der Waals surface area contributed by atoms with Crippen molar-refractivity contribution < 1.29 is 9.90 Å². The van der Waals surface area contributed by atoms with Crippen molar-refractivity contribution in [1.82, 2.24) is 5.32 Å². The van der Waals surface area contributed by atoms with Crippen LogP contribution >= 0.6 is 27.5 Å². The summed E-state index contributed by atoms with van der Waals surface area (Å²) in [6, 6.07) is 3.47. The lowest BCUT2D eigenvalue weighted by Gasteiger charge is -2.27. The molecule has 6 heteroatoms. The molecule has 0 aromatic heterocycles. The lowest BCUT2D eigenvalue weighted by atomic mass is 9.92. The maximum atomic E-state index is 12.2. The molecule has 0 unspecified atom stereocenters. The minimum Gasteiger partial charge on any atom is -0.505 e. The molecule has 1 aliphatic rings. The van der Waals surface area contributed by atoms with E-state index in [1.807, 2.05) is 0 Å². The normalized spacial score (nSPS) is 23.1. The van der Waals surface area contributed by atoms with Gasteiger partial charge >= 0.3 is 0 Å². The molecular weight excluding hydrogens is 332 g/mol. The highest BCUT2D eigenvalue weighted by Crippen LogP contribution is 2.35. The molecule has 1 aromatic carbocycles. The Morgan fingerprint density at radius 3 is 3.00 bits per heavy atom. The summed E-state index contributed by atoms with van der Waals surface area (Å²) in [6.07, 6.45) is 1.60. The number of hydrogen-bond donors (Lipinski definition) is 3. The van der Waals surface area contributed by atoms with Gasteiger partial charge in [-0.05, 0) is 54.4 Å². The summed E-state index contributed by atoms with van der Waals surface area (Å²) < 4.78 is 0.467. The van der Waals surface area contributed by atoms with Crippen LogP contribution in [0.3, 0.4) is 0 Å². The fourth-order valence-electron chi connectivity index (χ4n) is 2.27. The van der Waals surface area contributed by atoms with Crippen molar-refractivity contribution in [3.63, 3.8) is 0 Å². The maximum Gasteiger partial charge on any atom is 0.227 e. The molecule has 4 nitrogen and oxygen atoms in total. The first-order chi connectivity index (χ1) is 8.97. The summed E-state index contributed by atoms with van der Waals surface area (Å²) in [5.41, 5.74) is 0.343. The van der Waals surface area contributed by atoms with Gasteiger partial charge in [0.2, 0.25) is 5.91 Å². The van der Waals surface area contributed by atoms with E-state index in [1.54, 1.807) is 12.1 Å². The van der Waals surface area contributed by atoms with Crippen LogP contribution in [0.5, 0.6) is 5.75 Å². The van der Waals surface area contributed by atoms with E-state index in [2.05, 4.69) is 33.5 Å². The van der Waals surface area contributed by atoms with Crippen LogP contribution in [0.4, 0.5) is 5.69 Å². The highest BCUT2D eigenvalue weighted by Gasteiger charge is 2.25. The third-order valence-electron chi connectivity index (χ3n) is 3.28. The Morgan fingerprint density at radius 2 is 2.32 bits per heavy atom. The Balaban J connectivity index is 2.10. The van der Waals surface area contributed by atoms with Gasteiger partial charge in [-0.15, -0.1) is 0 Å². The van der Waals surface area contributed by atoms with Gasteiger partial charge in [-0.2, -0.15) is 0 Å². The van der Waals surface area contributed by atoms with E-state index in [9.17, 15) is 9.90 Å². The topological polar surface area (TPSA) is 61.4 Å². The Hall–Kier alpha value is -0.780. The quantitative estimate of drug-likeness (QED) is 0.720. The van der Waals surface area contributed by atoms with E-state index < -0.39 is 0 Å². The van der Waals surface area contributed by atoms with Gasteiger partial charge in [-0.3, -0.25) is 4.79 Å². The van der Waals surface area contributed by atoms with Gasteiger partial charge < -0.3 is 15.7 Å². The van der Waals surface area contributed by atoms with Gasteiger partial charge in [-0.1, -0.05) is 11.6 Å². The minimum absolute atomic E-state index is 0.000247. The monoisotopic (exact) mass is 346 g/mol. The van der Waals surface area contributed by atoms with Crippen LogP contribution in [0.1, 0.15) is 19.8 Å². The maximum absolute atomic E-state index is 12.2. The van der Waals surface area contributed by atoms with E-state index in [0.717, 1.165) is 19.4 Å². The van der Waals surface area contributed by atoms with Crippen molar-refractivity contribution >= 4 is 39.1 Å². The fourth-order valence-corrected chi connectivity index (χ4v) is 3.08. The number of halogens is 2. The van der Waals surface area contributed by atoms with Gasteiger partial charge in [0.25, 0.3) is 0 Å². The van der Waals surface area contributed by atoms with Gasteiger partial charge in [0.15, 0.2) is 5.75 Å². The van der Waals surface area contributed by atoms with Crippen molar-refractivity contribution in [3.8, 4) is 5.75 Å². The summed E-state index contributed by atoms with van der Waals surface area (Å²) in [7, 11) is 0. The molecular formula is C13H16BrClN2O2. The second-order valence-electron chi connectivity index (χ2n) is 4.85. The molecule has 2 atom stereocenters. The fraction of sp³-hybridized carbons (Fsp3) is 0.462. The van der Waals surface area contributed by atoms with Gasteiger partial charge in [0.1, 0.15) is 0 Å². The van der Waals surface area contributed by atoms with Gasteiger partial charge in [-0.25, -0.2) is 0 Å². The largest absolute Gasteiger partial charge is 0.505 e. The molecule has 0 aliphatic carbocycles. The zero-order valence-electron chi connectivity index (χ0n) is 10.5. The number of hydrogen-bond acceptors (Lipinski definition) is 3. The Labute approximate surface area is 125 Å². The molecule has 2 rings (SSSR count). The van der Waals surface area contributed by atoms with Crippen molar-refractivity contribution in [3.05, 3.63) is 21.6 Å². The number of carbonyl (C=O) groups excluding carboxylic acids is 1. The predicted molar refractivity (Wildman–Crippen MR) is 79.6 cm³/mol. The summed E-state index contributed by atoms with van der Waals surface area (Å²) in [6.45, 7) is 2.90. The average molecular weight is 348 g/mol. The number of aromatic hydroxyl groups is 1. The molecule has 0 spiro atoms. The zero-order chi connectivity index (χ0) is 14.0. The first-order valence-corrected chi connectivity index (χ1v) is 7.36. The summed E-state index contributed by atoms with van der Waals surface area (Å²) >= 11 is 9.11. The number of phenolic OH excluding ortho intramolecular Hbond substituents is 1. The van der Waals surface area contributed by atoms with E-state index in [4.69, 9.17) is 11.6 Å². The predicted octanol–water partition coefficient (Wildman–Crippen LogP) is 3.13. The summed E-state index contributed by atoms with van der Waals surface area (Å²) in [5.74, 6) is -0.106. The number of anilines is 1. The van der Waals surface area contributed by atoms with Crippen molar-refractivity contribution in [2.45, 2.75) is 25.8 Å². The molecule has 0 saturated carbocycles. The lowest BCUT2D eigenvalue weighted by molar-refractivity contribution is -0.120. The Morgan fingerprint density at radius 1 is 1.58 bits per heavy atom. The third kappa shape index (κ3) is 3.61. The SMILES string of the molecule is C[C@H]1C[C@@H](C(=O)Nc2cc(Cl)cc(Br)c2O)CCN1. The average Bonchev–Trinajstić information content (AvgIpc) is 2.35. The number of amides is 1. The molecule has 0 bridgehead atoms. The van der Waals surface area contributed by atoms with Crippen LogP contribution in [0.15, 0.2) is 16.6 Å². The molecule has 1 heterocycles. The molecule has 1 saturated heterocycles. The molecule has 1 aliphatic heterocycles. The zero-order valence-corrected chi connectivity index (χ0v) is 12.9. The van der Waals surface area contributed by atoms with E-state index in [0.29, 0.717) is 21.2 Å². The third-order valence-corrected chi connectivity index (χ3v) is 4.10. The number of rotatable bonds is 2. The van der Waals surface area contributed by atoms with Crippen molar-refractivity contribution in [2.24, 2.45) is 5.92 Å². The number of benzene rings is 1. The van der Waals surface area contributed by atoms with Crippen LogP contribution in [0, 0.1) is 5.92 Å². The molecule has 3 N–H and O–H groups in total. The Bertz CT molecular complexity index is 496. The van der Waals surface area contributed by atoms with E-state index >= 15 is 0 Å². The van der Waals surface area contributed by atoms with Crippen LogP contribution in [-0.4, -0.2) is 23.6 Å². The lowest BCUT2D eigenvalue weighted by Crippen LogP contribution is -2.40. The second-order valence-corrected chi connectivity index (χ2v) is 6.14. The molecule has 1 fully saturated rings. The standard InChI is InChI=1S/C13H16BrClN2O2/c1-7-4-8(2-3-16-7)13(19)17-11-6-9(15)5-10(14)12(11)18/h5-8,16,18H,2-4H2,1H3,(H,17,19)/t7-,8-/m0/s1. The molecule has 104 valence electrons. The van der Waals surface area contributed by atoms with Crippen LogP contribution in [0.25, 0.3) is 0 Å². The van der Waals surface area contributed by atoms with E-state index in [1.165, 1.54) is 0 Å².